The molecule has 26 heavy (non-hydrogen) atoms. The minimum absolute atomic E-state index is 0.179. The molecule has 0 saturated carbocycles. The summed E-state index contributed by atoms with van der Waals surface area (Å²) < 4.78 is 5.19. The molecule has 1 aromatic carbocycles. The first-order valence-corrected chi connectivity index (χ1v) is 9.14. The van der Waals surface area contributed by atoms with Crippen molar-refractivity contribution >= 4 is 11.7 Å². The van der Waals surface area contributed by atoms with Crippen LogP contribution in [0.1, 0.15) is 37.8 Å². The maximum atomic E-state index is 12.6. The van der Waals surface area contributed by atoms with Crippen LogP contribution in [0, 0.1) is 0 Å². The number of rotatable bonds is 6. The molecule has 1 saturated heterocycles. The number of ketones is 1. The summed E-state index contributed by atoms with van der Waals surface area (Å²) in [7, 11) is 1.59. The lowest BCUT2D eigenvalue weighted by atomic mass is 9.96. The average Bonchev–Trinajstić information content (AvgIpc) is 2.92. The van der Waals surface area contributed by atoms with Crippen LogP contribution in [-0.4, -0.2) is 59.9 Å². The molecule has 0 spiro atoms. The summed E-state index contributed by atoms with van der Waals surface area (Å²) >= 11 is 0. The van der Waals surface area contributed by atoms with Gasteiger partial charge in [-0.15, -0.1) is 0 Å². The van der Waals surface area contributed by atoms with Gasteiger partial charge in [-0.3, -0.25) is 9.59 Å². The lowest BCUT2D eigenvalue weighted by Crippen LogP contribution is -2.40. The van der Waals surface area contributed by atoms with Crippen molar-refractivity contribution in [2.75, 3.05) is 33.3 Å². The molecule has 0 aliphatic carbocycles. The Labute approximate surface area is 154 Å². The average molecular weight is 358 g/mol. The minimum atomic E-state index is -0.546. The number of carbonyl (C=O) groups excluding carboxylic acids is 2. The second-order valence-corrected chi connectivity index (χ2v) is 6.90. The van der Waals surface area contributed by atoms with E-state index in [1.807, 2.05) is 12.1 Å². The van der Waals surface area contributed by atoms with Crippen molar-refractivity contribution in [3.63, 3.8) is 0 Å². The molecule has 6 nitrogen and oxygen atoms in total. The molecule has 1 amide bonds. The van der Waals surface area contributed by atoms with Crippen LogP contribution in [-0.2, 0) is 9.59 Å². The van der Waals surface area contributed by atoms with Gasteiger partial charge in [0.25, 0.3) is 5.91 Å². The van der Waals surface area contributed by atoms with Crippen LogP contribution in [0.25, 0.3) is 0 Å². The first-order chi connectivity index (χ1) is 12.5. The van der Waals surface area contributed by atoms with E-state index in [0.29, 0.717) is 12.3 Å². The molecule has 6 heteroatoms. The van der Waals surface area contributed by atoms with Crippen molar-refractivity contribution in [3.05, 3.63) is 41.2 Å². The second kappa shape index (κ2) is 7.91. The molecule has 1 atom stereocenters. The molecule has 1 N–H and O–H groups in total. The summed E-state index contributed by atoms with van der Waals surface area (Å²) in [6, 6.07) is 6.74. The highest BCUT2D eigenvalue weighted by Gasteiger charge is 2.42. The molecule has 140 valence electrons. The number of aliphatic hydroxyl groups is 1. The van der Waals surface area contributed by atoms with Gasteiger partial charge in [0.2, 0.25) is 0 Å². The summed E-state index contributed by atoms with van der Waals surface area (Å²) in [4.78, 5) is 28.7. The Morgan fingerprint density at radius 1 is 1.15 bits per heavy atom. The van der Waals surface area contributed by atoms with Gasteiger partial charge in [0.1, 0.15) is 5.75 Å². The number of nitrogens with zero attached hydrogens (tertiary/aromatic N) is 2. The molecule has 2 aliphatic heterocycles. The van der Waals surface area contributed by atoms with Gasteiger partial charge in [-0.25, -0.2) is 0 Å². The van der Waals surface area contributed by atoms with E-state index in [-0.39, 0.29) is 11.4 Å². The first-order valence-electron chi connectivity index (χ1n) is 9.14. The van der Waals surface area contributed by atoms with Gasteiger partial charge in [-0.1, -0.05) is 18.6 Å². The van der Waals surface area contributed by atoms with Crippen LogP contribution in [0.2, 0.25) is 0 Å². The molecule has 2 aliphatic rings. The van der Waals surface area contributed by atoms with Gasteiger partial charge in [0.15, 0.2) is 11.5 Å². The summed E-state index contributed by atoms with van der Waals surface area (Å²) in [6.45, 7) is 4.69. The van der Waals surface area contributed by atoms with E-state index in [0.717, 1.165) is 25.2 Å². The monoisotopic (exact) mass is 358 g/mol. The molecular formula is C20H26N2O4. The summed E-state index contributed by atoms with van der Waals surface area (Å²) in [5.41, 5.74) is 0.978. The highest BCUT2D eigenvalue weighted by molar-refractivity contribution is 6.08. The standard InChI is InChI=1S/C20H26N2O4/c1-14(23)17-18(15-6-8-16(26-2)9-7-15)22(20(25)19(17)24)13-12-21-10-4-3-5-11-21/h6-9,18,24H,3-5,10-13H2,1-2H3. The van der Waals surface area contributed by atoms with E-state index in [1.54, 1.807) is 24.1 Å². The van der Waals surface area contributed by atoms with Crippen molar-refractivity contribution in [3.8, 4) is 5.75 Å². The van der Waals surface area contributed by atoms with Crippen molar-refractivity contribution in [2.45, 2.75) is 32.2 Å². The molecule has 1 unspecified atom stereocenters. The number of likely N-dealkylation sites (tertiary alicyclic amines) is 1. The van der Waals surface area contributed by atoms with Crippen LogP contribution in [0.3, 0.4) is 0 Å². The highest BCUT2D eigenvalue weighted by atomic mass is 16.5. The number of hydrogen-bond acceptors (Lipinski definition) is 5. The topological polar surface area (TPSA) is 70.1 Å². The maximum Gasteiger partial charge on any atom is 0.290 e. The van der Waals surface area contributed by atoms with Crippen molar-refractivity contribution in [2.24, 2.45) is 0 Å². The zero-order valence-corrected chi connectivity index (χ0v) is 15.4. The fourth-order valence-corrected chi connectivity index (χ4v) is 3.81. The number of Topliss-reactive ketones (excluding diaryl/α,β-unsaturated/α-hetero) is 1. The van der Waals surface area contributed by atoms with Crippen LogP contribution < -0.4 is 4.74 Å². The lowest BCUT2D eigenvalue weighted by Gasteiger charge is -2.31. The number of hydrogen-bond donors (Lipinski definition) is 1. The summed E-state index contributed by atoms with van der Waals surface area (Å²) in [6.07, 6.45) is 3.61. The summed E-state index contributed by atoms with van der Waals surface area (Å²) in [5, 5.41) is 10.3. The third-order valence-corrected chi connectivity index (χ3v) is 5.22. The lowest BCUT2D eigenvalue weighted by molar-refractivity contribution is -0.129. The van der Waals surface area contributed by atoms with E-state index in [4.69, 9.17) is 4.74 Å². The minimum Gasteiger partial charge on any atom is -0.503 e. The number of ether oxygens (including phenoxy) is 1. The Balaban J connectivity index is 1.85. The highest BCUT2D eigenvalue weighted by Crippen LogP contribution is 2.38. The van der Waals surface area contributed by atoms with Gasteiger partial charge >= 0.3 is 0 Å². The quantitative estimate of drug-likeness (QED) is 0.846. The van der Waals surface area contributed by atoms with E-state index in [2.05, 4.69) is 4.90 Å². The summed E-state index contributed by atoms with van der Waals surface area (Å²) in [5.74, 6) is -0.461. The molecule has 0 aromatic heterocycles. The Bertz CT molecular complexity index is 705. The molecule has 1 aromatic rings. The van der Waals surface area contributed by atoms with Crippen LogP contribution in [0.15, 0.2) is 35.6 Å². The number of methoxy groups -OCH3 is 1. The largest absolute Gasteiger partial charge is 0.503 e. The van der Waals surface area contributed by atoms with Crippen LogP contribution in [0.5, 0.6) is 5.75 Å². The SMILES string of the molecule is COc1ccc(C2C(C(C)=O)=C(O)C(=O)N2CCN2CCCCC2)cc1. The molecule has 0 bridgehead atoms. The zero-order valence-electron chi connectivity index (χ0n) is 15.4. The Kier molecular flexibility index (Phi) is 5.61. The third-order valence-electron chi connectivity index (χ3n) is 5.22. The number of piperidine rings is 1. The predicted molar refractivity (Wildman–Crippen MR) is 98.1 cm³/mol. The number of carbonyl (C=O) groups is 2. The predicted octanol–water partition coefficient (Wildman–Crippen LogP) is 2.47. The normalized spacial score (nSPS) is 21.4. The fourth-order valence-electron chi connectivity index (χ4n) is 3.81. The van der Waals surface area contributed by atoms with Crippen molar-refractivity contribution in [1.82, 2.24) is 9.80 Å². The molecule has 3 rings (SSSR count). The van der Waals surface area contributed by atoms with Crippen molar-refractivity contribution in [1.29, 1.82) is 0 Å². The Morgan fingerprint density at radius 3 is 2.38 bits per heavy atom. The maximum absolute atomic E-state index is 12.6. The van der Waals surface area contributed by atoms with Crippen LogP contribution in [0.4, 0.5) is 0 Å². The van der Waals surface area contributed by atoms with Gasteiger partial charge in [-0.05, 0) is 50.6 Å². The van der Waals surface area contributed by atoms with Gasteiger partial charge < -0.3 is 19.6 Å². The smallest absolute Gasteiger partial charge is 0.290 e. The van der Waals surface area contributed by atoms with Gasteiger partial charge in [0.05, 0.1) is 18.7 Å². The van der Waals surface area contributed by atoms with E-state index >= 15 is 0 Å². The second-order valence-electron chi connectivity index (χ2n) is 6.90. The van der Waals surface area contributed by atoms with E-state index in [1.165, 1.54) is 26.2 Å². The molecule has 2 heterocycles. The Morgan fingerprint density at radius 2 is 1.81 bits per heavy atom. The van der Waals surface area contributed by atoms with Gasteiger partial charge in [0, 0.05) is 13.1 Å². The fraction of sp³-hybridized carbons (Fsp3) is 0.500. The van der Waals surface area contributed by atoms with Crippen LogP contribution >= 0.6 is 0 Å². The first kappa shape index (κ1) is 18.5. The number of amides is 1. The zero-order chi connectivity index (χ0) is 18.7. The van der Waals surface area contributed by atoms with E-state index < -0.39 is 17.7 Å². The Hall–Kier alpha value is -2.34. The molecule has 1 fully saturated rings. The number of benzene rings is 1. The molecule has 0 radical (unpaired) electrons. The third kappa shape index (κ3) is 3.60. The van der Waals surface area contributed by atoms with Gasteiger partial charge in [-0.2, -0.15) is 0 Å². The van der Waals surface area contributed by atoms with E-state index in [9.17, 15) is 14.7 Å². The number of aliphatic hydroxyl groups excluding tert-OH is 1. The van der Waals surface area contributed by atoms with Crippen molar-refractivity contribution < 1.29 is 19.4 Å². The molecular weight excluding hydrogens is 332 g/mol.